The highest BCUT2D eigenvalue weighted by Crippen LogP contribution is 2.34. The Morgan fingerprint density at radius 2 is 1.46 bits per heavy atom. The molecule has 2 nitrogen and oxygen atoms in total. The standard InChI is InChI=1S/C24H20N2/c1-15-12-17(3)23-21(13-15)19-10-6-7-11-20(19)24-25-22(14-26(23)24)18-9-5-4-8-16(18)2/h4-14H,1-3H3. The SMILES string of the molecule is Cc1cc(C)c2c(c1)c1ccccc1c1nc(-c3ccccc3C)cn12. The second-order valence-electron chi connectivity index (χ2n) is 7.16. The Balaban J connectivity index is 2.01. The molecule has 0 bridgehead atoms. The first-order valence-corrected chi connectivity index (χ1v) is 9.00. The number of rotatable bonds is 1. The number of hydrogen-bond acceptors (Lipinski definition) is 1. The van der Waals surface area contributed by atoms with E-state index in [1.165, 1.54) is 43.9 Å². The fraction of sp³-hybridized carbons (Fsp3) is 0.125. The molecule has 0 aliphatic carbocycles. The molecule has 0 unspecified atom stereocenters. The minimum Gasteiger partial charge on any atom is -0.298 e. The summed E-state index contributed by atoms with van der Waals surface area (Å²) >= 11 is 0. The molecule has 0 N–H and O–H groups in total. The minimum absolute atomic E-state index is 1.03. The van der Waals surface area contributed by atoms with Crippen LogP contribution in [0.15, 0.2) is 66.9 Å². The van der Waals surface area contributed by atoms with Gasteiger partial charge in [-0.1, -0.05) is 60.2 Å². The average Bonchev–Trinajstić information content (AvgIpc) is 3.07. The van der Waals surface area contributed by atoms with Gasteiger partial charge in [0.2, 0.25) is 0 Å². The summed E-state index contributed by atoms with van der Waals surface area (Å²) in [6, 6.07) is 21.6. The number of pyridine rings is 1. The minimum atomic E-state index is 1.03. The van der Waals surface area contributed by atoms with E-state index in [-0.39, 0.29) is 0 Å². The highest BCUT2D eigenvalue weighted by Gasteiger charge is 2.14. The van der Waals surface area contributed by atoms with E-state index in [2.05, 4.69) is 92.0 Å². The lowest BCUT2D eigenvalue weighted by Gasteiger charge is -2.11. The van der Waals surface area contributed by atoms with E-state index in [0.717, 1.165) is 11.3 Å². The molecular weight excluding hydrogens is 316 g/mol. The molecule has 2 heteroatoms. The van der Waals surface area contributed by atoms with Crippen molar-refractivity contribution in [3.63, 3.8) is 0 Å². The van der Waals surface area contributed by atoms with E-state index < -0.39 is 0 Å². The van der Waals surface area contributed by atoms with Crippen LogP contribution in [0.25, 0.3) is 38.6 Å². The molecule has 0 saturated heterocycles. The molecule has 0 saturated carbocycles. The predicted octanol–water partition coefficient (Wildman–Crippen LogP) is 6.23. The fourth-order valence-electron chi connectivity index (χ4n) is 4.13. The zero-order chi connectivity index (χ0) is 17.8. The molecule has 3 aromatic carbocycles. The van der Waals surface area contributed by atoms with Crippen LogP contribution in [0.1, 0.15) is 16.7 Å². The van der Waals surface area contributed by atoms with Crippen LogP contribution in [-0.2, 0) is 0 Å². The number of fused-ring (bicyclic) bond motifs is 6. The van der Waals surface area contributed by atoms with E-state index in [1.54, 1.807) is 0 Å². The molecular formula is C24H20N2. The fourth-order valence-corrected chi connectivity index (χ4v) is 4.13. The Morgan fingerprint density at radius 1 is 0.731 bits per heavy atom. The Bertz CT molecular complexity index is 1310. The van der Waals surface area contributed by atoms with Gasteiger partial charge in [0.05, 0.1) is 11.2 Å². The highest BCUT2D eigenvalue weighted by atomic mass is 15.0. The number of nitrogens with zero attached hydrogens (tertiary/aromatic N) is 2. The first-order chi connectivity index (χ1) is 12.6. The normalized spacial score (nSPS) is 11.7. The van der Waals surface area contributed by atoms with Crippen LogP contribution in [-0.4, -0.2) is 9.38 Å². The van der Waals surface area contributed by atoms with Crippen molar-refractivity contribution in [1.82, 2.24) is 9.38 Å². The maximum absolute atomic E-state index is 5.05. The van der Waals surface area contributed by atoms with Crippen molar-refractivity contribution in [1.29, 1.82) is 0 Å². The second kappa shape index (κ2) is 5.43. The van der Waals surface area contributed by atoms with E-state index >= 15 is 0 Å². The summed E-state index contributed by atoms with van der Waals surface area (Å²) in [5, 5.41) is 3.76. The van der Waals surface area contributed by atoms with Crippen LogP contribution in [0.3, 0.4) is 0 Å². The van der Waals surface area contributed by atoms with Gasteiger partial charge in [-0.25, -0.2) is 4.98 Å². The largest absolute Gasteiger partial charge is 0.298 e. The molecule has 26 heavy (non-hydrogen) atoms. The Hall–Kier alpha value is -3.13. The zero-order valence-electron chi connectivity index (χ0n) is 15.2. The summed E-state index contributed by atoms with van der Waals surface area (Å²) in [5.41, 5.74) is 8.31. The molecule has 5 rings (SSSR count). The van der Waals surface area contributed by atoms with Crippen molar-refractivity contribution < 1.29 is 0 Å². The summed E-state index contributed by atoms with van der Waals surface area (Å²) in [5.74, 6) is 0. The van der Waals surface area contributed by atoms with Gasteiger partial charge < -0.3 is 0 Å². The number of hydrogen-bond donors (Lipinski definition) is 0. The van der Waals surface area contributed by atoms with Gasteiger partial charge in [-0.2, -0.15) is 0 Å². The average molecular weight is 336 g/mol. The molecule has 0 atom stereocenters. The van der Waals surface area contributed by atoms with Gasteiger partial charge in [0, 0.05) is 22.5 Å². The number of imidazole rings is 1. The molecule has 0 amide bonds. The second-order valence-corrected chi connectivity index (χ2v) is 7.16. The van der Waals surface area contributed by atoms with Gasteiger partial charge in [0.25, 0.3) is 0 Å². The monoisotopic (exact) mass is 336 g/mol. The van der Waals surface area contributed by atoms with Gasteiger partial charge in [0.15, 0.2) is 0 Å². The Morgan fingerprint density at radius 3 is 2.27 bits per heavy atom. The Labute approximate surface area is 152 Å². The molecule has 126 valence electrons. The summed E-state index contributed by atoms with van der Waals surface area (Å²) in [6.45, 7) is 6.50. The van der Waals surface area contributed by atoms with Crippen LogP contribution in [0.5, 0.6) is 0 Å². The summed E-state index contributed by atoms with van der Waals surface area (Å²) in [6.07, 6.45) is 2.19. The van der Waals surface area contributed by atoms with Crippen LogP contribution in [0, 0.1) is 20.8 Å². The maximum atomic E-state index is 5.05. The van der Waals surface area contributed by atoms with Crippen molar-refractivity contribution in [2.75, 3.05) is 0 Å². The van der Waals surface area contributed by atoms with Crippen LogP contribution < -0.4 is 0 Å². The molecule has 0 radical (unpaired) electrons. The van der Waals surface area contributed by atoms with E-state index in [4.69, 9.17) is 4.98 Å². The first-order valence-electron chi connectivity index (χ1n) is 9.00. The van der Waals surface area contributed by atoms with Crippen LogP contribution in [0.2, 0.25) is 0 Å². The zero-order valence-corrected chi connectivity index (χ0v) is 15.2. The van der Waals surface area contributed by atoms with E-state index in [0.29, 0.717) is 0 Å². The quantitative estimate of drug-likeness (QED) is 0.332. The molecule has 5 aromatic rings. The number of aryl methyl sites for hydroxylation is 3. The predicted molar refractivity (Wildman–Crippen MR) is 110 cm³/mol. The lowest BCUT2D eigenvalue weighted by Crippen LogP contribution is -1.93. The van der Waals surface area contributed by atoms with Gasteiger partial charge in [-0.05, 0) is 43.4 Å². The first kappa shape index (κ1) is 15.2. The van der Waals surface area contributed by atoms with Gasteiger partial charge in [-0.3, -0.25) is 4.40 Å². The lowest BCUT2D eigenvalue weighted by atomic mass is 10.0. The van der Waals surface area contributed by atoms with Crippen LogP contribution in [0.4, 0.5) is 0 Å². The van der Waals surface area contributed by atoms with Crippen LogP contribution >= 0.6 is 0 Å². The van der Waals surface area contributed by atoms with Gasteiger partial charge in [-0.15, -0.1) is 0 Å². The molecule has 0 aliphatic rings. The van der Waals surface area contributed by atoms with E-state index in [1.807, 2.05) is 0 Å². The van der Waals surface area contributed by atoms with Gasteiger partial charge >= 0.3 is 0 Å². The molecule has 2 aromatic heterocycles. The van der Waals surface area contributed by atoms with Crippen molar-refractivity contribution >= 4 is 27.3 Å². The molecule has 2 heterocycles. The highest BCUT2D eigenvalue weighted by molar-refractivity contribution is 6.12. The van der Waals surface area contributed by atoms with Crippen molar-refractivity contribution in [2.45, 2.75) is 20.8 Å². The third-order valence-corrected chi connectivity index (χ3v) is 5.27. The maximum Gasteiger partial charge on any atom is 0.145 e. The van der Waals surface area contributed by atoms with Crippen molar-refractivity contribution in [3.05, 3.63) is 83.6 Å². The smallest absolute Gasteiger partial charge is 0.145 e. The third kappa shape index (κ3) is 2.08. The van der Waals surface area contributed by atoms with Crippen molar-refractivity contribution in [3.8, 4) is 11.3 Å². The van der Waals surface area contributed by atoms with E-state index in [9.17, 15) is 0 Å². The molecule has 0 spiro atoms. The van der Waals surface area contributed by atoms with Gasteiger partial charge in [0.1, 0.15) is 5.65 Å². The lowest BCUT2D eigenvalue weighted by molar-refractivity contribution is 1.24. The third-order valence-electron chi connectivity index (χ3n) is 5.27. The number of aromatic nitrogens is 2. The molecule has 0 aliphatic heterocycles. The summed E-state index contributed by atoms with van der Waals surface area (Å²) in [7, 11) is 0. The molecule has 0 fully saturated rings. The summed E-state index contributed by atoms with van der Waals surface area (Å²) < 4.78 is 2.27. The van der Waals surface area contributed by atoms with Crippen molar-refractivity contribution in [2.24, 2.45) is 0 Å². The Kier molecular flexibility index (Phi) is 3.17. The number of benzene rings is 3. The summed E-state index contributed by atoms with van der Waals surface area (Å²) in [4.78, 5) is 5.05. The topological polar surface area (TPSA) is 17.3 Å².